The fourth-order valence-corrected chi connectivity index (χ4v) is 2.47. The molecule has 1 amide bonds. The summed E-state index contributed by atoms with van der Waals surface area (Å²) in [4.78, 5) is 16.1. The van der Waals surface area contributed by atoms with Crippen molar-refractivity contribution in [3.63, 3.8) is 0 Å². The number of halogens is 1. The maximum atomic E-state index is 11.9. The molecule has 3 rings (SSSR count). The van der Waals surface area contributed by atoms with Crippen LogP contribution in [0.5, 0.6) is 5.75 Å². The van der Waals surface area contributed by atoms with Crippen LogP contribution in [0.25, 0.3) is 10.9 Å². The molecule has 0 fully saturated rings. The third-order valence-corrected chi connectivity index (χ3v) is 3.85. The zero-order valence-electron chi connectivity index (χ0n) is 13.0. The highest BCUT2D eigenvalue weighted by Crippen LogP contribution is 2.18. The first-order valence-electron chi connectivity index (χ1n) is 7.69. The summed E-state index contributed by atoms with van der Waals surface area (Å²) in [6.45, 7) is 0.553. The Kier molecular flexibility index (Phi) is 5.29. The standard InChI is InChI=1S/C19H17ClN2O2/c20-16-5-3-14(4-6-16)9-11-22-19(23)13-24-17-7-8-18-15(12-17)2-1-10-21-18/h1-8,10,12H,9,11,13H2,(H,22,23). The first-order chi connectivity index (χ1) is 11.7. The number of amides is 1. The second-order valence-electron chi connectivity index (χ2n) is 5.37. The van der Waals surface area contributed by atoms with Gasteiger partial charge in [0.25, 0.3) is 5.91 Å². The van der Waals surface area contributed by atoms with E-state index in [1.54, 1.807) is 6.20 Å². The number of pyridine rings is 1. The topological polar surface area (TPSA) is 51.2 Å². The molecule has 0 bridgehead atoms. The summed E-state index contributed by atoms with van der Waals surface area (Å²) in [6, 6.07) is 17.0. The molecular formula is C19H17ClN2O2. The van der Waals surface area contributed by atoms with Crippen LogP contribution in [0.4, 0.5) is 0 Å². The lowest BCUT2D eigenvalue weighted by Crippen LogP contribution is -2.30. The number of hydrogen-bond acceptors (Lipinski definition) is 3. The number of rotatable bonds is 6. The Labute approximate surface area is 145 Å². The molecule has 3 aromatic rings. The second-order valence-corrected chi connectivity index (χ2v) is 5.81. The molecule has 1 heterocycles. The van der Waals surface area contributed by atoms with Crippen LogP contribution in [0.3, 0.4) is 0 Å². The van der Waals surface area contributed by atoms with Crippen LogP contribution in [0.2, 0.25) is 5.02 Å². The van der Waals surface area contributed by atoms with Gasteiger partial charge in [0.2, 0.25) is 0 Å². The molecule has 2 aromatic carbocycles. The van der Waals surface area contributed by atoms with E-state index in [2.05, 4.69) is 10.3 Å². The predicted octanol–water partition coefficient (Wildman–Crippen LogP) is 3.63. The molecule has 0 saturated heterocycles. The van der Waals surface area contributed by atoms with Crippen molar-refractivity contribution in [1.82, 2.24) is 10.3 Å². The first-order valence-corrected chi connectivity index (χ1v) is 8.07. The Morgan fingerprint density at radius 2 is 1.96 bits per heavy atom. The van der Waals surface area contributed by atoms with Crippen LogP contribution in [-0.4, -0.2) is 24.0 Å². The number of aromatic nitrogens is 1. The predicted molar refractivity (Wildman–Crippen MR) is 95.4 cm³/mol. The number of carbonyl (C=O) groups excluding carboxylic acids is 1. The quantitative estimate of drug-likeness (QED) is 0.745. The largest absolute Gasteiger partial charge is 0.484 e. The van der Waals surface area contributed by atoms with Gasteiger partial charge in [0.1, 0.15) is 5.75 Å². The van der Waals surface area contributed by atoms with Crippen molar-refractivity contribution in [2.75, 3.05) is 13.2 Å². The number of nitrogens with zero attached hydrogens (tertiary/aromatic N) is 1. The maximum absolute atomic E-state index is 11.9. The number of ether oxygens (including phenoxy) is 1. The van der Waals surface area contributed by atoms with Gasteiger partial charge in [-0.3, -0.25) is 9.78 Å². The molecule has 0 aliphatic rings. The van der Waals surface area contributed by atoms with Crippen LogP contribution in [-0.2, 0) is 11.2 Å². The van der Waals surface area contributed by atoms with Crippen LogP contribution >= 0.6 is 11.6 Å². The Hall–Kier alpha value is -2.59. The summed E-state index contributed by atoms with van der Waals surface area (Å²) < 4.78 is 5.54. The smallest absolute Gasteiger partial charge is 0.257 e. The van der Waals surface area contributed by atoms with Gasteiger partial charge >= 0.3 is 0 Å². The van der Waals surface area contributed by atoms with Gasteiger partial charge in [-0.15, -0.1) is 0 Å². The van der Waals surface area contributed by atoms with Crippen LogP contribution in [0.1, 0.15) is 5.56 Å². The van der Waals surface area contributed by atoms with Crippen LogP contribution < -0.4 is 10.1 Å². The van der Waals surface area contributed by atoms with Crippen molar-refractivity contribution in [3.05, 3.63) is 71.4 Å². The molecule has 0 aliphatic carbocycles. The molecule has 1 aromatic heterocycles. The van der Waals surface area contributed by atoms with Gasteiger partial charge in [0.05, 0.1) is 5.52 Å². The highest BCUT2D eigenvalue weighted by Gasteiger charge is 2.04. The number of hydrogen-bond donors (Lipinski definition) is 1. The van der Waals surface area contributed by atoms with Crippen molar-refractivity contribution >= 4 is 28.4 Å². The lowest BCUT2D eigenvalue weighted by Gasteiger charge is -2.08. The fraction of sp³-hybridized carbons (Fsp3) is 0.158. The lowest BCUT2D eigenvalue weighted by atomic mass is 10.1. The Balaban J connectivity index is 1.45. The van der Waals surface area contributed by atoms with Crippen molar-refractivity contribution in [3.8, 4) is 5.75 Å². The number of benzene rings is 2. The summed E-state index contributed by atoms with van der Waals surface area (Å²) >= 11 is 5.84. The van der Waals surface area contributed by atoms with Gasteiger partial charge in [-0.25, -0.2) is 0 Å². The van der Waals surface area contributed by atoms with Crippen molar-refractivity contribution in [2.24, 2.45) is 0 Å². The minimum atomic E-state index is -0.143. The minimum absolute atomic E-state index is 0.00755. The normalized spacial score (nSPS) is 10.5. The van der Waals surface area contributed by atoms with Crippen molar-refractivity contribution in [2.45, 2.75) is 6.42 Å². The van der Waals surface area contributed by atoms with E-state index in [1.165, 1.54) is 0 Å². The summed E-state index contributed by atoms with van der Waals surface area (Å²) in [6.07, 6.45) is 2.50. The minimum Gasteiger partial charge on any atom is -0.484 e. The molecule has 4 nitrogen and oxygen atoms in total. The number of carbonyl (C=O) groups is 1. The van der Waals surface area contributed by atoms with E-state index in [9.17, 15) is 4.79 Å². The Morgan fingerprint density at radius 3 is 2.79 bits per heavy atom. The van der Waals surface area contributed by atoms with Crippen LogP contribution in [0.15, 0.2) is 60.8 Å². The second kappa shape index (κ2) is 7.79. The Morgan fingerprint density at radius 1 is 1.12 bits per heavy atom. The van der Waals surface area contributed by atoms with Crippen molar-refractivity contribution in [1.29, 1.82) is 0 Å². The molecule has 0 aliphatic heterocycles. The average Bonchev–Trinajstić information content (AvgIpc) is 2.61. The molecule has 1 N–H and O–H groups in total. The highest BCUT2D eigenvalue weighted by atomic mass is 35.5. The summed E-state index contributed by atoms with van der Waals surface area (Å²) in [5, 5.41) is 4.54. The van der Waals surface area contributed by atoms with E-state index in [4.69, 9.17) is 16.3 Å². The molecule has 24 heavy (non-hydrogen) atoms. The van der Waals surface area contributed by atoms with Gasteiger partial charge in [0, 0.05) is 23.2 Å². The zero-order chi connectivity index (χ0) is 16.8. The Bertz CT molecular complexity index is 834. The molecule has 0 spiro atoms. The molecule has 0 atom stereocenters. The molecule has 0 unspecified atom stereocenters. The van der Waals surface area contributed by atoms with E-state index in [0.29, 0.717) is 17.3 Å². The van der Waals surface area contributed by atoms with Gasteiger partial charge in [0.15, 0.2) is 6.61 Å². The van der Waals surface area contributed by atoms with E-state index >= 15 is 0 Å². The van der Waals surface area contributed by atoms with Gasteiger partial charge in [-0.2, -0.15) is 0 Å². The molecule has 122 valence electrons. The molecule has 0 saturated carbocycles. The number of fused-ring (bicyclic) bond motifs is 1. The number of nitrogens with one attached hydrogen (secondary N) is 1. The van der Waals surface area contributed by atoms with E-state index < -0.39 is 0 Å². The van der Waals surface area contributed by atoms with E-state index in [1.807, 2.05) is 54.6 Å². The van der Waals surface area contributed by atoms with E-state index in [0.717, 1.165) is 22.9 Å². The highest BCUT2D eigenvalue weighted by molar-refractivity contribution is 6.30. The first kappa shape index (κ1) is 16.3. The van der Waals surface area contributed by atoms with Gasteiger partial charge in [-0.05, 0) is 48.4 Å². The SMILES string of the molecule is O=C(COc1ccc2ncccc2c1)NCCc1ccc(Cl)cc1. The van der Waals surface area contributed by atoms with Crippen LogP contribution in [0, 0.1) is 0 Å². The summed E-state index contributed by atoms with van der Waals surface area (Å²) in [5.74, 6) is 0.513. The lowest BCUT2D eigenvalue weighted by molar-refractivity contribution is -0.123. The molecular weight excluding hydrogens is 324 g/mol. The van der Waals surface area contributed by atoms with Gasteiger partial charge in [-0.1, -0.05) is 29.8 Å². The van der Waals surface area contributed by atoms with Gasteiger partial charge < -0.3 is 10.1 Å². The van der Waals surface area contributed by atoms with Crippen molar-refractivity contribution < 1.29 is 9.53 Å². The summed E-state index contributed by atoms with van der Waals surface area (Å²) in [5.41, 5.74) is 2.03. The zero-order valence-corrected chi connectivity index (χ0v) is 13.8. The third kappa shape index (κ3) is 4.46. The summed E-state index contributed by atoms with van der Waals surface area (Å²) in [7, 11) is 0. The molecule has 5 heteroatoms. The monoisotopic (exact) mass is 340 g/mol. The average molecular weight is 341 g/mol. The fourth-order valence-electron chi connectivity index (χ4n) is 2.34. The maximum Gasteiger partial charge on any atom is 0.257 e. The molecule has 0 radical (unpaired) electrons. The third-order valence-electron chi connectivity index (χ3n) is 3.59. The van der Waals surface area contributed by atoms with E-state index in [-0.39, 0.29) is 12.5 Å².